The molecule has 2 unspecified atom stereocenters. The van der Waals surface area contributed by atoms with Gasteiger partial charge in [-0.05, 0) is 49.4 Å². The van der Waals surface area contributed by atoms with Crippen LogP contribution in [-0.4, -0.2) is 35.7 Å². The normalized spacial score (nSPS) is 22.0. The Morgan fingerprint density at radius 3 is 2.57 bits per heavy atom. The summed E-state index contributed by atoms with van der Waals surface area (Å²) >= 11 is 1.62. The molecule has 1 aromatic rings. The fraction of sp³-hybridized carbons (Fsp3) is 0.588. The third kappa shape index (κ3) is 4.24. The first kappa shape index (κ1) is 16.4. The highest BCUT2D eigenvalue weighted by atomic mass is 32.2. The van der Waals surface area contributed by atoms with Crippen molar-refractivity contribution >= 4 is 17.7 Å². The van der Waals surface area contributed by atoms with Gasteiger partial charge in [-0.15, -0.1) is 11.8 Å². The first-order valence-corrected chi connectivity index (χ1v) is 8.72. The number of hydrogen-bond acceptors (Lipinski definition) is 3. The minimum Gasteiger partial charge on any atom is -0.339 e. The van der Waals surface area contributed by atoms with Crippen LogP contribution in [0.1, 0.15) is 38.7 Å². The van der Waals surface area contributed by atoms with Crippen LogP contribution in [0.5, 0.6) is 0 Å². The lowest BCUT2D eigenvalue weighted by molar-refractivity contribution is -0.128. The molecular formula is C17H26N2OS. The van der Waals surface area contributed by atoms with Crippen LogP contribution in [0, 0.1) is 5.92 Å². The number of rotatable bonds is 5. The van der Waals surface area contributed by atoms with Crippen LogP contribution in [0.3, 0.4) is 0 Å². The van der Waals surface area contributed by atoms with E-state index >= 15 is 0 Å². The molecule has 116 valence electrons. The average Bonchev–Trinajstić information content (AvgIpc) is 2.86. The molecule has 0 aromatic heterocycles. The Labute approximate surface area is 132 Å². The highest BCUT2D eigenvalue weighted by molar-refractivity contribution is 8.00. The van der Waals surface area contributed by atoms with Gasteiger partial charge < -0.3 is 10.6 Å². The molecule has 2 atom stereocenters. The predicted octanol–water partition coefficient (Wildman–Crippen LogP) is 3.10. The first-order chi connectivity index (χ1) is 10.0. The molecule has 0 spiro atoms. The molecule has 21 heavy (non-hydrogen) atoms. The van der Waals surface area contributed by atoms with Gasteiger partial charge in [0.25, 0.3) is 0 Å². The highest BCUT2D eigenvalue weighted by Gasteiger charge is 2.31. The van der Waals surface area contributed by atoms with E-state index in [-0.39, 0.29) is 5.91 Å². The van der Waals surface area contributed by atoms with E-state index in [1.165, 1.54) is 5.56 Å². The molecule has 3 nitrogen and oxygen atoms in total. The van der Waals surface area contributed by atoms with Crippen LogP contribution in [0.4, 0.5) is 0 Å². The van der Waals surface area contributed by atoms with Crippen LogP contribution in [-0.2, 0) is 4.79 Å². The number of thioether (sulfide) groups is 1. The van der Waals surface area contributed by atoms with E-state index in [4.69, 9.17) is 5.73 Å². The van der Waals surface area contributed by atoms with Crippen molar-refractivity contribution in [3.05, 3.63) is 29.8 Å². The summed E-state index contributed by atoms with van der Waals surface area (Å²) in [5.74, 6) is 1.77. The van der Waals surface area contributed by atoms with E-state index in [9.17, 15) is 4.79 Å². The van der Waals surface area contributed by atoms with Crippen LogP contribution >= 0.6 is 11.8 Å². The van der Waals surface area contributed by atoms with Gasteiger partial charge in [-0.2, -0.15) is 0 Å². The van der Waals surface area contributed by atoms with Crippen LogP contribution in [0.15, 0.2) is 29.2 Å². The van der Waals surface area contributed by atoms with E-state index < -0.39 is 0 Å². The molecule has 0 bridgehead atoms. The van der Waals surface area contributed by atoms with E-state index in [1.54, 1.807) is 11.8 Å². The molecule has 2 rings (SSSR count). The minimum absolute atomic E-state index is 0.233. The Bertz CT molecular complexity index is 472. The fourth-order valence-electron chi connectivity index (χ4n) is 2.84. The Hall–Kier alpha value is -1.00. The van der Waals surface area contributed by atoms with E-state index in [2.05, 4.69) is 45.0 Å². The van der Waals surface area contributed by atoms with Crippen molar-refractivity contribution in [2.24, 2.45) is 11.7 Å². The number of carbonyl (C=O) groups is 1. The zero-order valence-electron chi connectivity index (χ0n) is 13.2. The topological polar surface area (TPSA) is 46.3 Å². The lowest BCUT2D eigenvalue weighted by Crippen LogP contribution is -2.35. The molecule has 1 aromatic carbocycles. The van der Waals surface area contributed by atoms with Crippen molar-refractivity contribution in [1.82, 2.24) is 4.90 Å². The summed E-state index contributed by atoms with van der Waals surface area (Å²) in [7, 11) is 0. The van der Waals surface area contributed by atoms with Gasteiger partial charge in [-0.3, -0.25) is 4.79 Å². The quantitative estimate of drug-likeness (QED) is 0.850. The third-order valence-corrected chi connectivity index (χ3v) is 5.22. The second kappa shape index (κ2) is 7.32. The van der Waals surface area contributed by atoms with Gasteiger partial charge >= 0.3 is 0 Å². The first-order valence-electron chi connectivity index (χ1n) is 7.73. The van der Waals surface area contributed by atoms with Crippen molar-refractivity contribution in [3.63, 3.8) is 0 Å². The summed E-state index contributed by atoms with van der Waals surface area (Å²) in [6, 6.07) is 8.86. The molecule has 1 fully saturated rings. The Balaban J connectivity index is 1.86. The molecule has 1 aliphatic rings. The summed E-state index contributed by atoms with van der Waals surface area (Å²) in [4.78, 5) is 15.5. The van der Waals surface area contributed by atoms with Gasteiger partial charge in [0.2, 0.25) is 5.91 Å². The van der Waals surface area contributed by atoms with E-state index in [0.717, 1.165) is 17.9 Å². The van der Waals surface area contributed by atoms with Gasteiger partial charge in [0.15, 0.2) is 0 Å². The number of benzene rings is 1. The maximum atomic E-state index is 12.3. The molecule has 1 saturated heterocycles. The van der Waals surface area contributed by atoms with Crippen LogP contribution in [0.25, 0.3) is 0 Å². The number of likely N-dealkylation sites (tertiary alicyclic amines) is 1. The monoisotopic (exact) mass is 306 g/mol. The molecule has 0 aliphatic carbocycles. The van der Waals surface area contributed by atoms with E-state index in [1.807, 2.05) is 4.90 Å². The number of nitrogens with two attached hydrogens (primary N) is 1. The fourth-order valence-corrected chi connectivity index (χ4v) is 3.62. The molecule has 1 aliphatic heterocycles. The Morgan fingerprint density at radius 1 is 1.38 bits per heavy atom. The van der Waals surface area contributed by atoms with Gasteiger partial charge in [0.05, 0.1) is 5.75 Å². The smallest absolute Gasteiger partial charge is 0.233 e. The summed E-state index contributed by atoms with van der Waals surface area (Å²) in [6.07, 6.45) is 1.04. The van der Waals surface area contributed by atoms with Gasteiger partial charge in [-0.25, -0.2) is 0 Å². The zero-order valence-corrected chi connectivity index (χ0v) is 14.0. The van der Waals surface area contributed by atoms with Gasteiger partial charge in [0.1, 0.15) is 0 Å². The van der Waals surface area contributed by atoms with Crippen molar-refractivity contribution in [3.8, 4) is 0 Å². The molecular weight excluding hydrogens is 280 g/mol. The Morgan fingerprint density at radius 2 is 2.05 bits per heavy atom. The second-order valence-corrected chi connectivity index (χ2v) is 7.29. The van der Waals surface area contributed by atoms with Crippen LogP contribution in [0.2, 0.25) is 0 Å². The molecule has 0 saturated carbocycles. The molecule has 0 radical (unpaired) electrons. The van der Waals surface area contributed by atoms with E-state index in [0.29, 0.717) is 30.2 Å². The van der Waals surface area contributed by atoms with Gasteiger partial charge in [0, 0.05) is 17.5 Å². The van der Waals surface area contributed by atoms with Crippen molar-refractivity contribution in [2.45, 2.75) is 44.0 Å². The van der Waals surface area contributed by atoms with Gasteiger partial charge in [-0.1, -0.05) is 26.0 Å². The third-order valence-electron chi connectivity index (χ3n) is 4.22. The average molecular weight is 306 g/mol. The summed E-state index contributed by atoms with van der Waals surface area (Å²) in [5.41, 5.74) is 7.06. The van der Waals surface area contributed by atoms with Crippen LogP contribution < -0.4 is 5.73 Å². The highest BCUT2D eigenvalue weighted by Crippen LogP contribution is 2.26. The SMILES string of the molecule is CC(C)c1ccc(SCC(=O)N2CC(CN)CC2C)cc1. The standard InChI is InChI=1S/C17H26N2OS/c1-12(2)15-4-6-16(7-5-15)21-11-17(20)19-10-14(9-18)8-13(19)3/h4-7,12-14H,8-11,18H2,1-3H3. The summed E-state index contributed by atoms with van der Waals surface area (Å²) in [6.45, 7) is 8.00. The second-order valence-electron chi connectivity index (χ2n) is 6.24. The lowest BCUT2D eigenvalue weighted by atomic mass is 10.0. The number of nitrogens with zero attached hydrogens (tertiary/aromatic N) is 1. The number of hydrogen-bond donors (Lipinski definition) is 1. The Kier molecular flexibility index (Phi) is 5.71. The predicted molar refractivity (Wildman–Crippen MR) is 89.6 cm³/mol. The molecule has 1 amide bonds. The van der Waals surface area contributed by atoms with Crippen molar-refractivity contribution < 1.29 is 4.79 Å². The van der Waals surface area contributed by atoms with Crippen molar-refractivity contribution in [2.75, 3.05) is 18.8 Å². The summed E-state index contributed by atoms with van der Waals surface area (Å²) in [5, 5.41) is 0. The summed E-state index contributed by atoms with van der Waals surface area (Å²) < 4.78 is 0. The maximum Gasteiger partial charge on any atom is 0.233 e. The maximum absolute atomic E-state index is 12.3. The zero-order chi connectivity index (χ0) is 15.4. The largest absolute Gasteiger partial charge is 0.339 e. The minimum atomic E-state index is 0.233. The van der Waals surface area contributed by atoms with Crippen molar-refractivity contribution in [1.29, 1.82) is 0 Å². The molecule has 4 heteroatoms. The molecule has 2 N–H and O–H groups in total. The lowest BCUT2D eigenvalue weighted by Gasteiger charge is -2.21. The number of carbonyl (C=O) groups excluding carboxylic acids is 1. The number of amides is 1. The molecule has 1 heterocycles.